The van der Waals surface area contributed by atoms with Gasteiger partial charge in [-0.05, 0) is 13.0 Å². The zero-order chi connectivity index (χ0) is 14.6. The summed E-state index contributed by atoms with van der Waals surface area (Å²) in [5.41, 5.74) is -0.628. The van der Waals surface area contributed by atoms with Crippen LogP contribution in [0.4, 0.5) is 11.4 Å². The molecule has 9 heteroatoms. The fourth-order valence-electron chi connectivity index (χ4n) is 1.15. The van der Waals surface area contributed by atoms with Crippen molar-refractivity contribution in [3.63, 3.8) is 0 Å². The second-order valence-corrected chi connectivity index (χ2v) is 5.22. The number of nitro groups is 2. The van der Waals surface area contributed by atoms with Crippen LogP contribution in [0.5, 0.6) is 0 Å². The van der Waals surface area contributed by atoms with E-state index in [9.17, 15) is 20.2 Å². The van der Waals surface area contributed by atoms with Crippen LogP contribution in [0, 0.1) is 20.2 Å². The summed E-state index contributed by atoms with van der Waals surface area (Å²) in [4.78, 5) is 22.3. The van der Waals surface area contributed by atoms with Gasteiger partial charge >= 0.3 is 0 Å². The summed E-state index contributed by atoms with van der Waals surface area (Å²) in [7, 11) is 1.77. The molecule has 7 nitrogen and oxygen atoms in total. The second kappa shape index (κ2) is 6.43. The van der Waals surface area contributed by atoms with Gasteiger partial charge in [-0.1, -0.05) is 24.0 Å². The van der Waals surface area contributed by atoms with Gasteiger partial charge in [0.2, 0.25) is 0 Å². The highest BCUT2D eigenvalue weighted by atomic mass is 32.2. The summed E-state index contributed by atoms with van der Waals surface area (Å²) in [6.45, 7) is 2.57. The predicted octanol–water partition coefficient (Wildman–Crippen LogP) is 2.83. The summed E-state index contributed by atoms with van der Waals surface area (Å²) >= 11 is 6.17. The van der Waals surface area contributed by atoms with Crippen molar-refractivity contribution in [2.24, 2.45) is 0 Å². The number of hydrogen-bond donors (Lipinski definition) is 0. The topological polar surface area (TPSA) is 89.5 Å². The first-order valence-electron chi connectivity index (χ1n) is 5.22. The molecular formula is C10H11N3O4S2. The summed E-state index contributed by atoms with van der Waals surface area (Å²) in [6.07, 6.45) is 0. The maximum absolute atomic E-state index is 10.9. The Hall–Kier alpha value is -1.74. The zero-order valence-corrected chi connectivity index (χ0v) is 11.9. The molecule has 19 heavy (non-hydrogen) atoms. The molecule has 0 aromatic heterocycles. The SMILES string of the molecule is CCN(C)C(=S)Sc1ccc([N+](=O)[O-])cc1[N+](=O)[O-]. The molecule has 1 aromatic rings. The Kier molecular flexibility index (Phi) is 5.19. The predicted molar refractivity (Wildman–Crippen MR) is 76.5 cm³/mol. The van der Waals surface area contributed by atoms with E-state index in [-0.39, 0.29) is 11.4 Å². The van der Waals surface area contributed by atoms with Gasteiger partial charge in [-0.2, -0.15) is 0 Å². The average Bonchev–Trinajstić information content (AvgIpc) is 2.37. The lowest BCUT2D eigenvalue weighted by Gasteiger charge is -2.16. The Morgan fingerprint density at radius 2 is 2.00 bits per heavy atom. The molecule has 0 atom stereocenters. The van der Waals surface area contributed by atoms with Crippen molar-refractivity contribution in [3.05, 3.63) is 38.4 Å². The van der Waals surface area contributed by atoms with E-state index >= 15 is 0 Å². The Morgan fingerprint density at radius 1 is 1.37 bits per heavy atom. The van der Waals surface area contributed by atoms with Gasteiger partial charge in [-0.3, -0.25) is 20.2 Å². The Bertz CT molecular complexity index is 536. The van der Waals surface area contributed by atoms with Crippen molar-refractivity contribution in [1.82, 2.24) is 4.90 Å². The van der Waals surface area contributed by atoms with Gasteiger partial charge < -0.3 is 4.90 Å². The van der Waals surface area contributed by atoms with E-state index < -0.39 is 9.85 Å². The molecular weight excluding hydrogens is 290 g/mol. The monoisotopic (exact) mass is 301 g/mol. The number of hydrogen-bond acceptors (Lipinski definition) is 6. The minimum Gasteiger partial charge on any atom is -0.361 e. The smallest absolute Gasteiger partial charge is 0.290 e. The van der Waals surface area contributed by atoms with Crippen molar-refractivity contribution in [2.75, 3.05) is 13.6 Å². The molecule has 0 heterocycles. The van der Waals surface area contributed by atoms with Crippen LogP contribution < -0.4 is 0 Å². The van der Waals surface area contributed by atoms with Crippen molar-refractivity contribution < 1.29 is 9.85 Å². The molecule has 1 rings (SSSR count). The van der Waals surface area contributed by atoms with Crippen LogP contribution in [-0.2, 0) is 0 Å². The lowest BCUT2D eigenvalue weighted by molar-refractivity contribution is -0.396. The van der Waals surface area contributed by atoms with Crippen LogP contribution in [-0.4, -0.2) is 32.7 Å². The normalized spacial score (nSPS) is 10.0. The van der Waals surface area contributed by atoms with Crippen LogP contribution in [0.2, 0.25) is 0 Å². The Morgan fingerprint density at radius 3 is 2.47 bits per heavy atom. The highest BCUT2D eigenvalue weighted by molar-refractivity contribution is 8.23. The van der Waals surface area contributed by atoms with Crippen LogP contribution in [0.1, 0.15) is 6.92 Å². The minimum atomic E-state index is -0.669. The highest BCUT2D eigenvalue weighted by Gasteiger charge is 2.21. The third-order valence-corrected chi connectivity index (χ3v) is 3.95. The van der Waals surface area contributed by atoms with E-state index in [1.54, 1.807) is 11.9 Å². The number of non-ortho nitro benzene ring substituents is 1. The van der Waals surface area contributed by atoms with Crippen molar-refractivity contribution in [3.8, 4) is 0 Å². The molecule has 1 aromatic carbocycles. The molecule has 102 valence electrons. The fourth-order valence-corrected chi connectivity index (χ4v) is 2.40. The Labute approximate surface area is 118 Å². The molecule has 0 aliphatic carbocycles. The van der Waals surface area contributed by atoms with Crippen LogP contribution in [0.3, 0.4) is 0 Å². The van der Waals surface area contributed by atoms with E-state index in [0.29, 0.717) is 15.8 Å². The fraction of sp³-hybridized carbons (Fsp3) is 0.300. The van der Waals surface area contributed by atoms with Crippen LogP contribution in [0.25, 0.3) is 0 Å². The van der Waals surface area contributed by atoms with Gasteiger partial charge in [0.25, 0.3) is 11.4 Å². The van der Waals surface area contributed by atoms with Crippen LogP contribution in [0.15, 0.2) is 23.1 Å². The molecule has 0 amide bonds. The maximum atomic E-state index is 10.9. The third-order valence-electron chi connectivity index (χ3n) is 2.33. The zero-order valence-electron chi connectivity index (χ0n) is 10.2. The third kappa shape index (κ3) is 3.86. The molecule has 0 unspecified atom stereocenters. The van der Waals surface area contributed by atoms with Crippen molar-refractivity contribution in [1.29, 1.82) is 0 Å². The average molecular weight is 301 g/mol. The lowest BCUT2D eigenvalue weighted by Crippen LogP contribution is -2.21. The number of rotatable bonds is 4. The molecule has 0 radical (unpaired) electrons. The van der Waals surface area contributed by atoms with Crippen molar-refractivity contribution >= 4 is 39.7 Å². The van der Waals surface area contributed by atoms with E-state index in [1.807, 2.05) is 6.92 Å². The molecule has 0 bridgehead atoms. The van der Waals surface area contributed by atoms with Crippen LogP contribution >= 0.6 is 24.0 Å². The summed E-state index contributed by atoms with van der Waals surface area (Å²) in [6, 6.07) is 3.51. The molecule has 0 fully saturated rings. The summed E-state index contributed by atoms with van der Waals surface area (Å²) < 4.78 is 0.472. The van der Waals surface area contributed by atoms with E-state index in [0.717, 1.165) is 17.8 Å². The molecule has 0 aliphatic rings. The summed E-state index contributed by atoms with van der Waals surface area (Å²) in [5, 5.41) is 21.5. The van der Waals surface area contributed by atoms with E-state index in [4.69, 9.17) is 12.2 Å². The minimum absolute atomic E-state index is 0.293. The quantitative estimate of drug-likeness (QED) is 0.365. The molecule has 0 saturated heterocycles. The van der Waals surface area contributed by atoms with Gasteiger partial charge in [0.05, 0.1) is 20.8 Å². The number of nitro benzene ring substituents is 2. The van der Waals surface area contributed by atoms with Gasteiger partial charge in [0, 0.05) is 19.7 Å². The van der Waals surface area contributed by atoms with Crippen molar-refractivity contribution in [2.45, 2.75) is 11.8 Å². The Balaban J connectivity index is 3.10. The lowest BCUT2D eigenvalue weighted by atomic mass is 10.3. The molecule has 0 N–H and O–H groups in total. The van der Waals surface area contributed by atoms with E-state index in [2.05, 4.69) is 0 Å². The number of thiocarbonyl (C=S) groups is 1. The van der Waals surface area contributed by atoms with Gasteiger partial charge in [-0.15, -0.1) is 0 Å². The molecule has 0 spiro atoms. The first kappa shape index (κ1) is 15.3. The number of benzene rings is 1. The van der Waals surface area contributed by atoms with Gasteiger partial charge in [-0.25, -0.2) is 0 Å². The van der Waals surface area contributed by atoms with Gasteiger partial charge in [0.1, 0.15) is 4.32 Å². The molecule has 0 saturated carbocycles. The first-order chi connectivity index (χ1) is 8.86. The second-order valence-electron chi connectivity index (χ2n) is 3.55. The largest absolute Gasteiger partial charge is 0.361 e. The molecule has 0 aliphatic heterocycles. The maximum Gasteiger partial charge on any atom is 0.290 e. The highest BCUT2D eigenvalue weighted by Crippen LogP contribution is 2.33. The first-order valence-corrected chi connectivity index (χ1v) is 6.45. The number of nitrogens with zero attached hydrogens (tertiary/aromatic N) is 3. The number of thioether (sulfide) groups is 1. The standard InChI is InChI=1S/C10H11N3O4S2/c1-3-11(2)10(18)19-9-5-4-7(12(14)15)6-8(9)13(16)17/h4-6H,3H2,1-2H3. The van der Waals surface area contributed by atoms with E-state index in [1.165, 1.54) is 12.1 Å². The summed E-state index contributed by atoms with van der Waals surface area (Å²) in [5.74, 6) is 0. The van der Waals surface area contributed by atoms with Gasteiger partial charge in [0.15, 0.2) is 0 Å².